The number of nitrogens with zero attached hydrogens (tertiary/aromatic N) is 3. The summed E-state index contributed by atoms with van der Waals surface area (Å²) in [7, 11) is -3.55. The van der Waals surface area contributed by atoms with E-state index < -0.39 is 10.0 Å². The number of aromatic nitrogens is 3. The molecule has 3 rings (SSSR count). The van der Waals surface area contributed by atoms with E-state index in [2.05, 4.69) is 14.9 Å². The molecule has 6 nitrogen and oxygen atoms in total. The summed E-state index contributed by atoms with van der Waals surface area (Å²) in [5, 5.41) is 7.62. The van der Waals surface area contributed by atoms with Crippen LogP contribution in [0.1, 0.15) is 10.4 Å². The minimum Gasteiger partial charge on any atom is -0.287 e. The highest BCUT2D eigenvalue weighted by Gasteiger charge is 2.18. The molecule has 0 bridgehead atoms. The number of hydrogen-bond donors (Lipinski definition) is 1. The van der Waals surface area contributed by atoms with Gasteiger partial charge >= 0.3 is 0 Å². The number of fused-ring (bicyclic) bond motifs is 1. The van der Waals surface area contributed by atoms with Crippen molar-refractivity contribution in [3.05, 3.63) is 41.2 Å². The van der Waals surface area contributed by atoms with Gasteiger partial charge in [0, 0.05) is 11.1 Å². The molecule has 0 saturated heterocycles. The minimum absolute atomic E-state index is 0.316. The number of thiophene rings is 1. The van der Waals surface area contributed by atoms with Crippen molar-refractivity contribution >= 4 is 32.7 Å². The first-order chi connectivity index (χ1) is 9.45. The number of anilines is 1. The normalized spacial score (nSPS) is 11.9. The monoisotopic (exact) mass is 308 g/mol. The van der Waals surface area contributed by atoms with Gasteiger partial charge in [-0.15, -0.1) is 21.5 Å². The molecule has 0 aliphatic heterocycles. The van der Waals surface area contributed by atoms with Gasteiger partial charge < -0.3 is 0 Å². The van der Waals surface area contributed by atoms with E-state index in [0.717, 1.165) is 10.4 Å². The Morgan fingerprint density at radius 1 is 1.30 bits per heavy atom. The first-order valence-corrected chi connectivity index (χ1v) is 8.15. The third-order valence-electron chi connectivity index (χ3n) is 2.95. The number of rotatable bonds is 3. The molecule has 3 aromatic heterocycles. The maximum Gasteiger partial charge on any atom is 0.271 e. The summed E-state index contributed by atoms with van der Waals surface area (Å²) in [5.41, 5.74) is 2.11. The van der Waals surface area contributed by atoms with Crippen LogP contribution in [0, 0.1) is 13.8 Å². The average Bonchev–Trinajstić information content (AvgIpc) is 2.96. The second-order valence-electron chi connectivity index (χ2n) is 4.42. The second kappa shape index (κ2) is 4.57. The molecule has 0 amide bonds. The fourth-order valence-electron chi connectivity index (χ4n) is 1.76. The quantitative estimate of drug-likeness (QED) is 0.805. The highest BCUT2D eigenvalue weighted by molar-refractivity contribution is 7.94. The van der Waals surface area contributed by atoms with Gasteiger partial charge in [0.25, 0.3) is 10.0 Å². The van der Waals surface area contributed by atoms with Gasteiger partial charge in [0.1, 0.15) is 10.5 Å². The van der Waals surface area contributed by atoms with E-state index >= 15 is 0 Å². The summed E-state index contributed by atoms with van der Waals surface area (Å²) in [6, 6.07) is 5.05. The summed E-state index contributed by atoms with van der Waals surface area (Å²) >= 11 is 1.26. The number of nitrogens with one attached hydrogen (secondary N) is 1. The lowest BCUT2D eigenvalue weighted by atomic mass is 10.3. The largest absolute Gasteiger partial charge is 0.287 e. The molecule has 0 atom stereocenters. The van der Waals surface area contributed by atoms with Crippen LogP contribution in [-0.4, -0.2) is 23.0 Å². The van der Waals surface area contributed by atoms with E-state index in [1.54, 1.807) is 28.8 Å². The van der Waals surface area contributed by atoms with Crippen molar-refractivity contribution in [3.8, 4) is 0 Å². The van der Waals surface area contributed by atoms with Crippen LogP contribution in [0.25, 0.3) is 5.65 Å². The van der Waals surface area contributed by atoms with Gasteiger partial charge in [-0.1, -0.05) is 0 Å². The first-order valence-electron chi connectivity index (χ1n) is 5.85. The van der Waals surface area contributed by atoms with Crippen LogP contribution in [0.3, 0.4) is 0 Å². The van der Waals surface area contributed by atoms with Crippen LogP contribution in [0.5, 0.6) is 0 Å². The van der Waals surface area contributed by atoms with Crippen molar-refractivity contribution in [1.82, 2.24) is 14.6 Å². The SMILES string of the molecule is Cc1cc(S(=O)(=O)Nc2ccc3nncn3c2)sc1C. The third-order valence-corrected chi connectivity index (χ3v) is 5.96. The topological polar surface area (TPSA) is 76.4 Å². The third kappa shape index (κ3) is 2.27. The van der Waals surface area contributed by atoms with E-state index in [-0.39, 0.29) is 0 Å². The zero-order chi connectivity index (χ0) is 14.3. The summed E-state index contributed by atoms with van der Waals surface area (Å²) in [5.74, 6) is 0. The molecule has 0 aliphatic carbocycles. The Hall–Kier alpha value is -1.93. The average molecular weight is 308 g/mol. The van der Waals surface area contributed by atoms with Crippen LogP contribution in [0.4, 0.5) is 5.69 Å². The van der Waals surface area contributed by atoms with Gasteiger partial charge in [-0.3, -0.25) is 9.12 Å². The number of sulfonamides is 1. The Labute approximate surface area is 120 Å². The van der Waals surface area contributed by atoms with Crippen LogP contribution in [-0.2, 0) is 10.0 Å². The zero-order valence-electron chi connectivity index (χ0n) is 10.9. The molecule has 0 fully saturated rings. The Morgan fingerprint density at radius 3 is 2.80 bits per heavy atom. The number of pyridine rings is 1. The molecule has 0 unspecified atom stereocenters. The molecule has 8 heteroatoms. The van der Waals surface area contributed by atoms with E-state index in [1.165, 1.54) is 17.7 Å². The summed E-state index contributed by atoms with van der Waals surface area (Å²) in [4.78, 5) is 1.000. The van der Waals surface area contributed by atoms with Crippen molar-refractivity contribution < 1.29 is 8.42 Å². The van der Waals surface area contributed by atoms with Crippen molar-refractivity contribution in [1.29, 1.82) is 0 Å². The zero-order valence-corrected chi connectivity index (χ0v) is 12.5. The Morgan fingerprint density at radius 2 is 2.10 bits per heavy atom. The van der Waals surface area contributed by atoms with Crippen molar-refractivity contribution in [2.24, 2.45) is 0 Å². The molecule has 0 spiro atoms. The Balaban J connectivity index is 1.96. The molecule has 0 radical (unpaired) electrons. The maximum absolute atomic E-state index is 12.3. The highest BCUT2D eigenvalue weighted by atomic mass is 32.2. The fraction of sp³-hybridized carbons (Fsp3) is 0.167. The van der Waals surface area contributed by atoms with E-state index in [1.807, 2.05) is 13.8 Å². The standard InChI is InChI=1S/C12H12N4O2S2/c1-8-5-12(19-9(8)2)20(17,18)15-10-3-4-11-14-13-7-16(11)6-10/h3-7,15H,1-2H3. The Bertz CT molecular complexity index is 860. The summed E-state index contributed by atoms with van der Waals surface area (Å²) < 4.78 is 29.1. The highest BCUT2D eigenvalue weighted by Crippen LogP contribution is 2.26. The van der Waals surface area contributed by atoms with Crippen LogP contribution < -0.4 is 4.72 Å². The van der Waals surface area contributed by atoms with E-state index in [9.17, 15) is 8.42 Å². The van der Waals surface area contributed by atoms with Crippen molar-refractivity contribution in [3.63, 3.8) is 0 Å². The molecule has 0 aromatic carbocycles. The van der Waals surface area contributed by atoms with Crippen LogP contribution in [0.15, 0.2) is 34.9 Å². The predicted octanol–water partition coefficient (Wildman–Crippen LogP) is 2.21. The van der Waals surface area contributed by atoms with E-state index in [0.29, 0.717) is 15.5 Å². The Kier molecular flexibility index (Phi) is 2.98. The van der Waals surface area contributed by atoms with Gasteiger partial charge in [0.2, 0.25) is 0 Å². The van der Waals surface area contributed by atoms with Gasteiger partial charge in [-0.25, -0.2) is 8.42 Å². The fourth-order valence-corrected chi connectivity index (χ4v) is 4.32. The lowest BCUT2D eigenvalue weighted by molar-refractivity contribution is 0.603. The lowest BCUT2D eigenvalue weighted by Gasteiger charge is -2.06. The molecular weight excluding hydrogens is 296 g/mol. The molecule has 3 aromatic rings. The van der Waals surface area contributed by atoms with E-state index in [4.69, 9.17) is 0 Å². The van der Waals surface area contributed by atoms with Crippen LogP contribution in [0.2, 0.25) is 0 Å². The number of hydrogen-bond acceptors (Lipinski definition) is 5. The van der Waals surface area contributed by atoms with Crippen molar-refractivity contribution in [2.75, 3.05) is 4.72 Å². The predicted molar refractivity (Wildman–Crippen MR) is 77.6 cm³/mol. The smallest absolute Gasteiger partial charge is 0.271 e. The second-order valence-corrected chi connectivity index (χ2v) is 7.59. The molecule has 0 aliphatic rings. The van der Waals surface area contributed by atoms with Crippen LogP contribution >= 0.6 is 11.3 Å². The number of aryl methyl sites for hydroxylation is 2. The lowest BCUT2D eigenvalue weighted by Crippen LogP contribution is -2.11. The van der Waals surface area contributed by atoms with Gasteiger partial charge in [0.15, 0.2) is 5.65 Å². The van der Waals surface area contributed by atoms with Gasteiger partial charge in [0.05, 0.1) is 5.69 Å². The molecule has 0 saturated carbocycles. The van der Waals surface area contributed by atoms with Gasteiger partial charge in [-0.05, 0) is 37.6 Å². The minimum atomic E-state index is -3.55. The molecule has 104 valence electrons. The molecule has 20 heavy (non-hydrogen) atoms. The first kappa shape index (κ1) is 13.1. The molecular formula is C12H12N4O2S2. The van der Waals surface area contributed by atoms with Crippen molar-refractivity contribution in [2.45, 2.75) is 18.1 Å². The molecule has 3 heterocycles. The van der Waals surface area contributed by atoms with Gasteiger partial charge in [-0.2, -0.15) is 0 Å². The maximum atomic E-state index is 12.3. The summed E-state index contributed by atoms with van der Waals surface area (Å²) in [6.07, 6.45) is 3.16. The summed E-state index contributed by atoms with van der Waals surface area (Å²) in [6.45, 7) is 3.80. The molecule has 1 N–H and O–H groups in total.